The van der Waals surface area contributed by atoms with Gasteiger partial charge < -0.3 is 4.18 Å². The molecule has 11 heteroatoms. The fraction of sp³-hybridized carbons (Fsp3) is 0. The van der Waals surface area contributed by atoms with Crippen molar-refractivity contribution >= 4 is 66.3 Å². The molecule has 4 rings (SSSR count). The van der Waals surface area contributed by atoms with Crippen molar-refractivity contribution in [1.29, 1.82) is 5.41 Å². The SMILES string of the molecule is N=C1/C(=C/c2ccc(OS(=O)(=O)c3ccccc3)c(Br)c2)C(=O)N=C2SC=NN12. The molecule has 1 amide bonds. The number of nitrogens with zero attached hydrogens (tertiary/aromatic N) is 3. The summed E-state index contributed by atoms with van der Waals surface area (Å²) >= 11 is 4.45. The van der Waals surface area contributed by atoms with E-state index in [1.807, 2.05) is 0 Å². The summed E-state index contributed by atoms with van der Waals surface area (Å²) in [4.78, 5) is 16.2. The van der Waals surface area contributed by atoms with Crippen LogP contribution in [-0.2, 0) is 14.9 Å². The zero-order valence-electron chi connectivity index (χ0n) is 14.4. The first-order valence-electron chi connectivity index (χ1n) is 8.07. The van der Waals surface area contributed by atoms with Crippen LogP contribution in [0.25, 0.3) is 6.08 Å². The Labute approximate surface area is 178 Å². The van der Waals surface area contributed by atoms with Gasteiger partial charge in [0, 0.05) is 0 Å². The number of hydrazone groups is 1. The number of halogens is 1. The van der Waals surface area contributed by atoms with Crippen LogP contribution in [-0.4, -0.2) is 35.9 Å². The fourth-order valence-electron chi connectivity index (χ4n) is 2.53. The number of fused-ring (bicyclic) bond motifs is 1. The first-order chi connectivity index (χ1) is 13.8. The van der Waals surface area contributed by atoms with E-state index >= 15 is 0 Å². The number of carbonyl (C=O) groups excluding carboxylic acids is 1. The van der Waals surface area contributed by atoms with Gasteiger partial charge in [0.1, 0.15) is 4.90 Å². The maximum Gasteiger partial charge on any atom is 0.339 e. The molecule has 2 heterocycles. The molecule has 0 atom stereocenters. The van der Waals surface area contributed by atoms with Gasteiger partial charge in [0.25, 0.3) is 5.91 Å². The molecule has 0 radical (unpaired) electrons. The Morgan fingerprint density at radius 3 is 2.66 bits per heavy atom. The van der Waals surface area contributed by atoms with E-state index < -0.39 is 16.0 Å². The van der Waals surface area contributed by atoms with Crippen molar-refractivity contribution in [2.45, 2.75) is 4.90 Å². The predicted octanol–water partition coefficient (Wildman–Crippen LogP) is 3.47. The van der Waals surface area contributed by atoms with Crippen molar-refractivity contribution < 1.29 is 17.4 Å². The van der Waals surface area contributed by atoms with E-state index in [2.05, 4.69) is 26.0 Å². The van der Waals surface area contributed by atoms with E-state index in [0.29, 0.717) is 15.2 Å². The van der Waals surface area contributed by atoms with E-state index in [9.17, 15) is 13.2 Å². The fourth-order valence-corrected chi connectivity index (χ4v) is 4.69. The van der Waals surface area contributed by atoms with E-state index in [4.69, 9.17) is 9.59 Å². The second-order valence-electron chi connectivity index (χ2n) is 5.80. The number of amides is 1. The number of aliphatic imine (C=N–C) groups is 1. The van der Waals surface area contributed by atoms with Gasteiger partial charge in [-0.2, -0.15) is 23.5 Å². The van der Waals surface area contributed by atoms with Gasteiger partial charge >= 0.3 is 10.1 Å². The summed E-state index contributed by atoms with van der Waals surface area (Å²) in [7, 11) is -3.98. The molecule has 0 unspecified atom stereocenters. The second-order valence-corrected chi connectivity index (χ2v) is 9.01. The Morgan fingerprint density at radius 2 is 1.93 bits per heavy atom. The Kier molecular flexibility index (Phi) is 5.11. The van der Waals surface area contributed by atoms with Crippen molar-refractivity contribution in [3.63, 3.8) is 0 Å². The Morgan fingerprint density at radius 1 is 1.17 bits per heavy atom. The quantitative estimate of drug-likeness (QED) is 0.518. The van der Waals surface area contributed by atoms with Crippen LogP contribution in [0.1, 0.15) is 5.56 Å². The lowest BCUT2D eigenvalue weighted by Crippen LogP contribution is -2.35. The Bertz CT molecular complexity index is 1220. The van der Waals surface area contributed by atoms with Crippen LogP contribution in [0.5, 0.6) is 5.75 Å². The zero-order valence-corrected chi connectivity index (χ0v) is 17.7. The van der Waals surface area contributed by atoms with Crippen LogP contribution >= 0.6 is 27.7 Å². The minimum atomic E-state index is -3.98. The van der Waals surface area contributed by atoms with Gasteiger partial charge in [0.2, 0.25) is 0 Å². The standard InChI is InChI=1S/C18H11BrN4O4S2/c19-14-9-11(8-13-16(20)23-18(22-17(13)24)28-10-21-23)6-7-15(14)27-29(25,26)12-4-2-1-3-5-12/h1-10,20H/b13-8-,20-16?. The van der Waals surface area contributed by atoms with E-state index in [0.717, 1.165) is 11.8 Å². The largest absolute Gasteiger partial charge is 0.378 e. The Hall–Kier alpha value is -2.76. The van der Waals surface area contributed by atoms with Gasteiger partial charge in [0.15, 0.2) is 16.8 Å². The topological polar surface area (TPSA) is 112 Å². The molecule has 146 valence electrons. The summed E-state index contributed by atoms with van der Waals surface area (Å²) in [6, 6.07) is 12.4. The summed E-state index contributed by atoms with van der Waals surface area (Å²) in [5.74, 6) is -0.520. The third-order valence-corrected chi connectivity index (χ3v) is 6.44. The molecular formula is C18H11BrN4O4S2. The molecule has 2 aromatic rings. The van der Waals surface area contributed by atoms with Crippen LogP contribution in [0.3, 0.4) is 0 Å². The van der Waals surface area contributed by atoms with Crippen molar-refractivity contribution in [1.82, 2.24) is 5.01 Å². The smallest absolute Gasteiger partial charge is 0.339 e. The van der Waals surface area contributed by atoms with Gasteiger partial charge in [-0.15, -0.1) is 0 Å². The Balaban J connectivity index is 1.61. The third-order valence-electron chi connectivity index (χ3n) is 3.89. The minimum Gasteiger partial charge on any atom is -0.378 e. The van der Waals surface area contributed by atoms with Crippen LogP contribution in [0, 0.1) is 5.41 Å². The molecule has 29 heavy (non-hydrogen) atoms. The number of benzene rings is 2. The molecular weight excluding hydrogens is 480 g/mol. The van der Waals surface area contributed by atoms with E-state index in [1.54, 1.807) is 30.3 Å². The minimum absolute atomic E-state index is 0.0389. The highest BCUT2D eigenvalue weighted by molar-refractivity contribution is 9.10. The molecule has 2 aromatic carbocycles. The van der Waals surface area contributed by atoms with Crippen LogP contribution in [0.4, 0.5) is 0 Å². The molecule has 8 nitrogen and oxygen atoms in total. The molecule has 2 aliphatic rings. The number of thioether (sulfide) groups is 1. The molecule has 1 N–H and O–H groups in total. The summed E-state index contributed by atoms with van der Waals surface area (Å²) < 4.78 is 30.3. The summed E-state index contributed by atoms with van der Waals surface area (Å²) in [6.07, 6.45) is 1.49. The van der Waals surface area contributed by atoms with Crippen molar-refractivity contribution in [3.05, 3.63) is 64.1 Å². The highest BCUT2D eigenvalue weighted by atomic mass is 79.9. The average molecular weight is 491 g/mol. The molecule has 0 aromatic heterocycles. The van der Waals surface area contributed by atoms with Gasteiger partial charge in [-0.1, -0.05) is 24.3 Å². The highest BCUT2D eigenvalue weighted by Crippen LogP contribution is 2.31. The second kappa shape index (κ2) is 7.58. The molecule has 0 aliphatic carbocycles. The van der Waals surface area contributed by atoms with Crippen molar-refractivity contribution in [3.8, 4) is 5.75 Å². The van der Waals surface area contributed by atoms with Crippen molar-refractivity contribution in [2.75, 3.05) is 0 Å². The summed E-state index contributed by atoms with van der Waals surface area (Å²) in [6.45, 7) is 0. The molecule has 0 bridgehead atoms. The van der Waals surface area contributed by atoms with Gasteiger partial charge in [-0.05, 0) is 63.6 Å². The van der Waals surface area contributed by atoms with Crippen LogP contribution in [0.2, 0.25) is 0 Å². The lowest BCUT2D eigenvalue weighted by Gasteiger charge is -2.20. The lowest BCUT2D eigenvalue weighted by molar-refractivity contribution is -0.114. The maximum absolute atomic E-state index is 12.4. The normalized spacial score (nSPS) is 17.5. The predicted molar refractivity (Wildman–Crippen MR) is 114 cm³/mol. The molecule has 0 fully saturated rings. The summed E-state index contributed by atoms with van der Waals surface area (Å²) in [5.41, 5.74) is 2.13. The van der Waals surface area contributed by atoms with Crippen LogP contribution < -0.4 is 4.18 Å². The number of nitrogens with one attached hydrogen (secondary N) is 1. The molecule has 0 saturated heterocycles. The number of rotatable bonds is 4. The van der Waals surface area contributed by atoms with Crippen LogP contribution in [0.15, 0.2) is 73.6 Å². The average Bonchev–Trinajstić information content (AvgIpc) is 3.16. The third kappa shape index (κ3) is 3.88. The highest BCUT2D eigenvalue weighted by Gasteiger charge is 2.32. The number of carbonyl (C=O) groups is 1. The van der Waals surface area contributed by atoms with E-state index in [1.165, 1.54) is 34.8 Å². The monoisotopic (exact) mass is 490 g/mol. The lowest BCUT2D eigenvalue weighted by atomic mass is 10.1. The van der Waals surface area contributed by atoms with Gasteiger partial charge in [0.05, 0.1) is 15.6 Å². The number of hydrogen-bond donors (Lipinski definition) is 1. The first kappa shape index (κ1) is 19.6. The molecule has 2 aliphatic heterocycles. The first-order valence-corrected chi connectivity index (χ1v) is 11.2. The number of hydrogen-bond acceptors (Lipinski definition) is 7. The maximum atomic E-state index is 12.4. The molecule has 0 spiro atoms. The zero-order chi connectivity index (χ0) is 20.6. The van der Waals surface area contributed by atoms with E-state index in [-0.39, 0.29) is 22.1 Å². The summed E-state index contributed by atoms with van der Waals surface area (Å²) in [5, 5.41) is 13.8. The number of amidine groups is 2. The van der Waals surface area contributed by atoms with Gasteiger partial charge in [-0.3, -0.25) is 10.2 Å². The van der Waals surface area contributed by atoms with Crippen molar-refractivity contribution in [2.24, 2.45) is 10.1 Å². The van der Waals surface area contributed by atoms with Gasteiger partial charge in [-0.25, -0.2) is 0 Å². The molecule has 0 saturated carbocycles.